The molecular formula is C52H64F3N9O11S2. The van der Waals surface area contributed by atoms with E-state index in [-0.39, 0.29) is 67.9 Å². The van der Waals surface area contributed by atoms with E-state index in [2.05, 4.69) is 48.7 Å². The molecular weight excluding hydrogens is 1050 g/mol. The number of ether oxygens (including phenoxy) is 4. The number of carbonyl (C=O) groups excluding carboxylic acids is 7. The Labute approximate surface area is 452 Å². The molecule has 1 aromatic heterocycles. The first kappa shape index (κ1) is 58.5. The van der Waals surface area contributed by atoms with Gasteiger partial charge in [-0.15, -0.1) is 10.2 Å². The van der Waals surface area contributed by atoms with Crippen LogP contribution in [0.25, 0.3) is 0 Å². The lowest BCUT2D eigenvalue weighted by Gasteiger charge is -2.20. The molecule has 5 heterocycles. The monoisotopic (exact) mass is 1110 g/mol. The normalized spacial score (nSPS) is 19.6. The van der Waals surface area contributed by atoms with E-state index in [4.69, 9.17) is 18.9 Å². The molecule has 3 fully saturated rings. The van der Waals surface area contributed by atoms with Crippen LogP contribution in [0.15, 0.2) is 77.1 Å². The summed E-state index contributed by atoms with van der Waals surface area (Å²) >= 11 is 2.53. The van der Waals surface area contributed by atoms with Crippen LogP contribution in [0.5, 0.6) is 5.75 Å². The Balaban J connectivity index is 0.783. The summed E-state index contributed by atoms with van der Waals surface area (Å²) in [5, 5.41) is 18.8. The number of aromatic nitrogens is 1. The van der Waals surface area contributed by atoms with Gasteiger partial charge in [0.15, 0.2) is 0 Å². The van der Waals surface area contributed by atoms with E-state index in [9.17, 15) is 46.7 Å². The van der Waals surface area contributed by atoms with E-state index < -0.39 is 58.4 Å². The zero-order valence-electron chi connectivity index (χ0n) is 42.6. The van der Waals surface area contributed by atoms with E-state index in [0.29, 0.717) is 91.9 Å². The van der Waals surface area contributed by atoms with Crippen molar-refractivity contribution < 1.29 is 65.7 Å². The van der Waals surface area contributed by atoms with Crippen molar-refractivity contribution >= 4 is 64.3 Å². The Morgan fingerprint density at radius 3 is 2.14 bits per heavy atom. The molecule has 3 saturated heterocycles. The Morgan fingerprint density at radius 2 is 1.49 bits per heavy atom. The van der Waals surface area contributed by atoms with Gasteiger partial charge in [0.25, 0.3) is 17.1 Å². The average Bonchev–Trinajstić information content (AvgIpc) is 3.99. The van der Waals surface area contributed by atoms with Crippen LogP contribution in [-0.2, 0) is 58.3 Å². The Kier molecular flexibility index (Phi) is 21.6. The van der Waals surface area contributed by atoms with Crippen LogP contribution in [0, 0.1) is 0 Å². The van der Waals surface area contributed by atoms with Crippen LogP contribution in [-0.4, -0.2) is 151 Å². The molecule has 25 heteroatoms. The highest BCUT2D eigenvalue weighted by Crippen LogP contribution is 2.52. The number of pyridine rings is 1. The fourth-order valence-corrected chi connectivity index (χ4v) is 11.2. The standard InChI is InChI=1S/C52H64F3N9O11S2/c1-2-33-9-16-37(58-31-33)19-24-75-38-17-10-34(11-18-38)29-42-48(69)64(50(71)77-42)44(66)30-39(59-46(67)35-12-14-36(15-13-35)51(62-63-51)52(53,54)55)47(68)57-21-6-23-73-26-28-74-27-25-72-22-5-20-56-43(65)8-4-3-7-41-45-40(32-76-41)60-49(70)61-45/h9-18,31,39-42,45H,2-8,19-30,32H2,1H3,(H,56,65)(H,57,68)(H,59,67)(H2,60,61,70)/t39-,40+,41+,42?,45+/m1/s1. The summed E-state index contributed by atoms with van der Waals surface area (Å²) in [4.78, 5) is 96.0. The lowest BCUT2D eigenvalue weighted by atomic mass is 10.0. The number of halogens is 3. The summed E-state index contributed by atoms with van der Waals surface area (Å²) in [6.07, 6.45) is 1.96. The predicted octanol–water partition coefficient (Wildman–Crippen LogP) is 5.56. The van der Waals surface area contributed by atoms with Gasteiger partial charge in [0.1, 0.15) is 11.8 Å². The molecule has 2 aromatic carbocycles. The van der Waals surface area contributed by atoms with Crippen LogP contribution in [0.4, 0.5) is 22.8 Å². The average molecular weight is 1110 g/mol. The topological polar surface area (TPSA) is 257 Å². The number of rotatable bonds is 32. The molecule has 4 aliphatic rings. The number of aryl methyl sites for hydroxylation is 1. The van der Waals surface area contributed by atoms with Gasteiger partial charge in [0.2, 0.25) is 17.7 Å². The number of nitrogens with zero attached hydrogens (tertiary/aromatic N) is 4. The summed E-state index contributed by atoms with van der Waals surface area (Å²) in [7, 11) is 0. The van der Waals surface area contributed by atoms with Gasteiger partial charge < -0.3 is 45.5 Å². The zero-order valence-corrected chi connectivity index (χ0v) is 44.2. The molecule has 1 unspecified atom stereocenters. The number of hydrogen-bond acceptors (Lipinski definition) is 16. The molecule has 416 valence electrons. The molecule has 5 N–H and O–H groups in total. The van der Waals surface area contributed by atoms with Crippen molar-refractivity contribution in [2.24, 2.45) is 10.2 Å². The highest BCUT2D eigenvalue weighted by atomic mass is 32.2. The highest BCUT2D eigenvalue weighted by molar-refractivity contribution is 8.15. The quantitative estimate of drug-likeness (QED) is 0.0379. The molecule has 77 heavy (non-hydrogen) atoms. The van der Waals surface area contributed by atoms with E-state index in [0.717, 1.165) is 67.0 Å². The van der Waals surface area contributed by atoms with Crippen molar-refractivity contribution in [3.8, 4) is 5.75 Å². The number of imide groups is 3. The van der Waals surface area contributed by atoms with Crippen LogP contribution in [0.2, 0.25) is 0 Å². The minimum Gasteiger partial charge on any atom is -0.493 e. The number of alkyl halides is 3. The third-order valence-electron chi connectivity index (χ3n) is 13.1. The Morgan fingerprint density at radius 1 is 0.818 bits per heavy atom. The van der Waals surface area contributed by atoms with E-state index in [1.807, 2.05) is 30.1 Å². The van der Waals surface area contributed by atoms with Gasteiger partial charge in [0.05, 0.1) is 56.8 Å². The van der Waals surface area contributed by atoms with Gasteiger partial charge in [-0.05, 0) is 80.0 Å². The summed E-state index contributed by atoms with van der Waals surface area (Å²) in [6.45, 7) is 4.87. The number of amides is 8. The molecule has 0 radical (unpaired) electrons. The van der Waals surface area contributed by atoms with Crippen molar-refractivity contribution in [3.05, 3.63) is 94.8 Å². The fourth-order valence-electron chi connectivity index (χ4n) is 8.66. The number of nitrogens with one attached hydrogen (secondary N) is 5. The number of hydrogen-bond donors (Lipinski definition) is 5. The maximum Gasteiger partial charge on any atom is 0.442 e. The van der Waals surface area contributed by atoms with Gasteiger partial charge in [-0.1, -0.05) is 55.4 Å². The molecule has 0 spiro atoms. The van der Waals surface area contributed by atoms with Gasteiger partial charge in [-0.2, -0.15) is 24.9 Å². The van der Waals surface area contributed by atoms with Crippen molar-refractivity contribution in [2.75, 3.05) is 65.1 Å². The maximum atomic E-state index is 13.7. The molecule has 4 aliphatic heterocycles. The predicted molar refractivity (Wildman–Crippen MR) is 278 cm³/mol. The highest BCUT2D eigenvalue weighted by Gasteiger charge is 2.65. The Hall–Kier alpha value is -6.15. The van der Waals surface area contributed by atoms with Crippen LogP contribution >= 0.6 is 23.5 Å². The third-order valence-corrected chi connectivity index (χ3v) is 15.6. The lowest BCUT2D eigenvalue weighted by Crippen LogP contribution is -2.50. The second-order valence-electron chi connectivity index (χ2n) is 18.6. The fraction of sp³-hybridized carbons (Fsp3) is 0.538. The van der Waals surface area contributed by atoms with E-state index in [1.54, 1.807) is 24.3 Å². The molecule has 8 amide bonds. The summed E-state index contributed by atoms with van der Waals surface area (Å²) < 4.78 is 63.4. The van der Waals surface area contributed by atoms with Gasteiger partial charge in [-0.3, -0.25) is 33.8 Å². The van der Waals surface area contributed by atoms with Crippen LogP contribution in [0.3, 0.4) is 0 Å². The van der Waals surface area contributed by atoms with Gasteiger partial charge in [0, 0.05) is 73.2 Å². The van der Waals surface area contributed by atoms with Crippen LogP contribution in [0.1, 0.15) is 84.6 Å². The lowest BCUT2D eigenvalue weighted by molar-refractivity contribution is -0.166. The number of unbranched alkanes of at least 4 members (excludes halogenated alkanes) is 1. The van der Waals surface area contributed by atoms with E-state index >= 15 is 0 Å². The SMILES string of the molecule is CCc1ccc(CCOc2ccc(CC3SC(=O)N(C(=O)C[C@@H](NC(=O)c4ccc(C5(C(F)(F)F)N=N5)cc4)C(=O)NCCCOCCOCCOCCCNC(=O)CCCC[C@@H]4SC[C@@H]5NC(=O)N[C@@H]54)C3=O)cc2)nc1. The minimum absolute atomic E-state index is 0.00469. The van der Waals surface area contributed by atoms with Crippen molar-refractivity contribution in [1.29, 1.82) is 0 Å². The van der Waals surface area contributed by atoms with Crippen LogP contribution < -0.4 is 31.3 Å². The molecule has 3 aromatic rings. The summed E-state index contributed by atoms with van der Waals surface area (Å²) in [5.74, 6) is -2.04. The number of thioether (sulfide) groups is 2. The maximum absolute atomic E-state index is 13.7. The number of urea groups is 1. The van der Waals surface area contributed by atoms with Gasteiger partial charge in [-0.25, -0.2) is 9.69 Å². The van der Waals surface area contributed by atoms with Crippen molar-refractivity contribution in [2.45, 2.75) is 112 Å². The molecule has 7 rings (SSSR count). The smallest absolute Gasteiger partial charge is 0.442 e. The largest absolute Gasteiger partial charge is 0.493 e. The molecule has 5 atom stereocenters. The minimum atomic E-state index is -4.79. The zero-order chi connectivity index (χ0) is 54.8. The van der Waals surface area contributed by atoms with E-state index in [1.165, 1.54) is 0 Å². The number of carbonyl (C=O) groups is 7. The first-order valence-corrected chi connectivity index (χ1v) is 27.7. The van der Waals surface area contributed by atoms with Gasteiger partial charge >= 0.3 is 17.9 Å². The molecule has 0 aliphatic carbocycles. The third kappa shape index (κ3) is 16.9. The molecule has 0 saturated carbocycles. The number of benzene rings is 2. The second kappa shape index (κ2) is 28.5. The molecule has 0 bridgehead atoms. The van der Waals surface area contributed by atoms with Crippen molar-refractivity contribution in [3.63, 3.8) is 0 Å². The first-order chi connectivity index (χ1) is 37.1. The molecule has 20 nitrogen and oxygen atoms in total. The first-order valence-electron chi connectivity index (χ1n) is 25.8. The Bertz CT molecular complexity index is 2540. The van der Waals surface area contributed by atoms with Crippen molar-refractivity contribution in [1.82, 2.24) is 36.5 Å². The summed E-state index contributed by atoms with van der Waals surface area (Å²) in [5.41, 5.74) is -0.434. The number of fused-ring (bicyclic) bond motifs is 1. The second-order valence-corrected chi connectivity index (χ2v) is 21.1. The summed E-state index contributed by atoms with van der Waals surface area (Å²) in [6, 6.07) is 13.9.